The van der Waals surface area contributed by atoms with Gasteiger partial charge in [-0.2, -0.15) is 8.57 Å². The van der Waals surface area contributed by atoms with Gasteiger partial charge in [0.1, 0.15) is 0 Å². The van der Waals surface area contributed by atoms with E-state index in [0.717, 1.165) is 0 Å². The molecule has 2 aromatic carbocycles. The first-order chi connectivity index (χ1) is 8.64. The number of rotatable bonds is 3. The third-order valence-electron chi connectivity index (χ3n) is 2.34. The SMILES string of the molecule is O=S=Nc1ccc(S(=O)(=O)c2ccccc2)cc1. The van der Waals surface area contributed by atoms with Gasteiger partial charge in [-0.1, -0.05) is 18.2 Å². The van der Waals surface area contributed by atoms with Crippen LogP contribution in [0.1, 0.15) is 0 Å². The lowest BCUT2D eigenvalue weighted by Crippen LogP contribution is -2.01. The predicted octanol–water partition coefficient (Wildman–Crippen LogP) is 2.55. The van der Waals surface area contributed by atoms with Crippen molar-refractivity contribution in [2.24, 2.45) is 4.36 Å². The van der Waals surface area contributed by atoms with Crippen molar-refractivity contribution in [3.63, 3.8) is 0 Å². The van der Waals surface area contributed by atoms with Gasteiger partial charge in [0.2, 0.25) is 21.3 Å². The van der Waals surface area contributed by atoms with Crippen LogP contribution in [0.15, 0.2) is 68.8 Å². The van der Waals surface area contributed by atoms with E-state index < -0.39 is 9.84 Å². The summed E-state index contributed by atoms with van der Waals surface area (Å²) in [5.74, 6) is 0. The molecule has 0 saturated heterocycles. The first-order valence-electron chi connectivity index (χ1n) is 5.05. The Kier molecular flexibility index (Phi) is 3.69. The van der Waals surface area contributed by atoms with Crippen molar-refractivity contribution in [3.8, 4) is 0 Å². The summed E-state index contributed by atoms with van der Waals surface area (Å²) in [6, 6.07) is 14.1. The minimum absolute atomic E-state index is 0.0900. The fourth-order valence-corrected chi connectivity index (χ4v) is 2.95. The third-order valence-corrected chi connectivity index (χ3v) is 4.41. The van der Waals surface area contributed by atoms with Crippen LogP contribution in [0.25, 0.3) is 0 Å². The maximum absolute atomic E-state index is 12.2. The molecule has 0 aromatic heterocycles. The van der Waals surface area contributed by atoms with Crippen molar-refractivity contribution >= 4 is 27.0 Å². The van der Waals surface area contributed by atoms with E-state index in [1.54, 1.807) is 30.3 Å². The standard InChI is InChI=1S/C12H9NO3S2/c14-17-13-10-6-8-12(9-7-10)18(15,16)11-4-2-1-3-5-11/h1-9H. The van der Waals surface area contributed by atoms with Gasteiger partial charge in [-0.05, 0) is 36.4 Å². The molecule has 6 heteroatoms. The Labute approximate surface area is 108 Å². The van der Waals surface area contributed by atoms with Crippen molar-refractivity contribution in [1.82, 2.24) is 0 Å². The Morgan fingerprint density at radius 1 is 0.833 bits per heavy atom. The molecule has 0 bridgehead atoms. The van der Waals surface area contributed by atoms with E-state index in [0.29, 0.717) is 5.69 Å². The molecule has 92 valence electrons. The summed E-state index contributed by atoms with van der Waals surface area (Å²) in [7, 11) is -3.50. The van der Waals surface area contributed by atoms with E-state index in [1.807, 2.05) is 0 Å². The molecule has 0 saturated carbocycles. The highest BCUT2D eigenvalue weighted by Crippen LogP contribution is 2.22. The highest BCUT2D eigenvalue weighted by molar-refractivity contribution is 7.91. The van der Waals surface area contributed by atoms with Crippen LogP contribution in [0.2, 0.25) is 0 Å². The van der Waals surface area contributed by atoms with Gasteiger partial charge in [0.15, 0.2) is 0 Å². The zero-order chi connectivity index (χ0) is 13.0. The second kappa shape index (κ2) is 5.24. The van der Waals surface area contributed by atoms with Crippen LogP contribution in [0, 0.1) is 0 Å². The van der Waals surface area contributed by atoms with E-state index in [1.165, 1.54) is 24.3 Å². The number of benzene rings is 2. The first-order valence-corrected chi connectivity index (χ1v) is 7.23. The lowest BCUT2D eigenvalue weighted by Gasteiger charge is -2.04. The number of hydrogen-bond donors (Lipinski definition) is 0. The summed E-state index contributed by atoms with van der Waals surface area (Å²) >= 11 is 0.0900. The van der Waals surface area contributed by atoms with Gasteiger partial charge in [0.25, 0.3) is 0 Å². The monoisotopic (exact) mass is 279 g/mol. The summed E-state index contributed by atoms with van der Waals surface area (Å²) in [5, 5.41) is 0. The van der Waals surface area contributed by atoms with Crippen LogP contribution >= 0.6 is 0 Å². The van der Waals surface area contributed by atoms with Crippen molar-refractivity contribution in [2.75, 3.05) is 0 Å². The lowest BCUT2D eigenvalue weighted by atomic mass is 10.3. The largest absolute Gasteiger partial charge is 0.219 e. The number of hydrogen-bond acceptors (Lipinski definition) is 4. The van der Waals surface area contributed by atoms with Crippen LogP contribution in [0.3, 0.4) is 0 Å². The Bertz CT molecular complexity index is 688. The molecule has 0 aliphatic carbocycles. The lowest BCUT2D eigenvalue weighted by molar-refractivity contribution is 0.596. The smallest absolute Gasteiger partial charge is 0.206 e. The van der Waals surface area contributed by atoms with Gasteiger partial charge in [0.05, 0.1) is 15.5 Å². The van der Waals surface area contributed by atoms with Gasteiger partial charge in [-0.3, -0.25) is 0 Å². The minimum Gasteiger partial charge on any atom is -0.219 e. The van der Waals surface area contributed by atoms with Gasteiger partial charge in [-0.25, -0.2) is 8.42 Å². The van der Waals surface area contributed by atoms with Crippen molar-refractivity contribution in [3.05, 3.63) is 54.6 Å². The van der Waals surface area contributed by atoms with Gasteiger partial charge < -0.3 is 0 Å². The van der Waals surface area contributed by atoms with Crippen LogP contribution < -0.4 is 0 Å². The molecular formula is C12H9NO3S2. The Balaban J connectivity index is 2.46. The molecule has 0 heterocycles. The summed E-state index contributed by atoms with van der Waals surface area (Å²) in [6.07, 6.45) is 0. The molecule has 2 aromatic rings. The Morgan fingerprint density at radius 3 is 1.94 bits per heavy atom. The Morgan fingerprint density at radius 2 is 1.39 bits per heavy atom. The van der Waals surface area contributed by atoms with E-state index in [2.05, 4.69) is 4.36 Å². The average molecular weight is 279 g/mol. The number of sulfone groups is 1. The van der Waals surface area contributed by atoms with E-state index in [4.69, 9.17) is 0 Å². The number of nitrogens with zero attached hydrogens (tertiary/aromatic N) is 1. The summed E-state index contributed by atoms with van der Waals surface area (Å²) in [5.41, 5.74) is 0.446. The quantitative estimate of drug-likeness (QED) is 0.867. The maximum atomic E-state index is 12.2. The van der Waals surface area contributed by atoms with Crippen LogP contribution in [0.5, 0.6) is 0 Å². The molecule has 0 unspecified atom stereocenters. The fourth-order valence-electron chi connectivity index (χ4n) is 1.46. The zero-order valence-electron chi connectivity index (χ0n) is 9.18. The van der Waals surface area contributed by atoms with Crippen LogP contribution in [-0.2, 0) is 21.3 Å². The normalized spacial score (nSPS) is 10.9. The molecular weight excluding hydrogens is 270 g/mol. The summed E-state index contributed by atoms with van der Waals surface area (Å²) in [4.78, 5) is 0.427. The van der Waals surface area contributed by atoms with Crippen LogP contribution in [-0.4, -0.2) is 12.6 Å². The summed E-state index contributed by atoms with van der Waals surface area (Å²) < 4.78 is 38.2. The molecule has 0 atom stereocenters. The fraction of sp³-hybridized carbons (Fsp3) is 0. The molecule has 0 radical (unpaired) electrons. The molecule has 0 fully saturated rings. The topological polar surface area (TPSA) is 63.6 Å². The molecule has 0 aliphatic rings. The van der Waals surface area contributed by atoms with Gasteiger partial charge in [0, 0.05) is 0 Å². The van der Waals surface area contributed by atoms with E-state index >= 15 is 0 Å². The zero-order valence-corrected chi connectivity index (χ0v) is 10.8. The molecule has 0 amide bonds. The molecule has 18 heavy (non-hydrogen) atoms. The molecule has 0 aliphatic heterocycles. The molecule has 0 N–H and O–H groups in total. The maximum Gasteiger partial charge on any atom is 0.206 e. The van der Waals surface area contributed by atoms with E-state index in [-0.39, 0.29) is 21.3 Å². The molecule has 4 nitrogen and oxygen atoms in total. The molecule has 2 rings (SSSR count). The minimum atomic E-state index is -3.50. The molecule has 0 spiro atoms. The van der Waals surface area contributed by atoms with Crippen molar-refractivity contribution < 1.29 is 12.6 Å². The first kappa shape index (κ1) is 12.7. The van der Waals surface area contributed by atoms with Crippen LogP contribution in [0.4, 0.5) is 5.69 Å². The summed E-state index contributed by atoms with van der Waals surface area (Å²) in [6.45, 7) is 0. The van der Waals surface area contributed by atoms with Gasteiger partial charge in [-0.15, -0.1) is 0 Å². The predicted molar refractivity (Wildman–Crippen MR) is 68.6 cm³/mol. The highest BCUT2D eigenvalue weighted by atomic mass is 32.2. The van der Waals surface area contributed by atoms with E-state index in [9.17, 15) is 12.6 Å². The van der Waals surface area contributed by atoms with Crippen molar-refractivity contribution in [2.45, 2.75) is 9.79 Å². The van der Waals surface area contributed by atoms with Gasteiger partial charge >= 0.3 is 0 Å². The second-order valence-electron chi connectivity index (χ2n) is 3.48. The third kappa shape index (κ3) is 2.55. The average Bonchev–Trinajstić information content (AvgIpc) is 2.41. The Hall–Kier alpha value is -1.79. The van der Waals surface area contributed by atoms with Crippen molar-refractivity contribution in [1.29, 1.82) is 0 Å². The highest BCUT2D eigenvalue weighted by Gasteiger charge is 2.16. The second-order valence-corrected chi connectivity index (χ2v) is 5.76.